The van der Waals surface area contributed by atoms with Gasteiger partial charge in [-0.05, 0) is 26.4 Å². The molecular weight excluding hydrogens is 188 g/mol. The van der Waals surface area contributed by atoms with Crippen LogP contribution in [0.25, 0.3) is 0 Å². The Bertz CT molecular complexity index is 299. The second-order valence-electron chi connectivity index (χ2n) is 4.26. The van der Waals surface area contributed by atoms with Crippen LogP contribution in [0.4, 0.5) is 0 Å². The summed E-state index contributed by atoms with van der Waals surface area (Å²) in [7, 11) is 1.97. The van der Waals surface area contributed by atoms with Gasteiger partial charge in [-0.3, -0.25) is 9.58 Å². The highest BCUT2D eigenvalue weighted by molar-refractivity contribution is 5.09. The molecule has 0 radical (unpaired) electrons. The highest BCUT2D eigenvalue weighted by Crippen LogP contribution is 2.19. The van der Waals surface area contributed by atoms with E-state index in [-0.39, 0.29) is 0 Å². The Morgan fingerprint density at radius 1 is 1.40 bits per heavy atom. The molecule has 1 atom stereocenters. The summed E-state index contributed by atoms with van der Waals surface area (Å²) in [6.07, 6.45) is 5.33. The van der Waals surface area contributed by atoms with Crippen LogP contribution in [0.15, 0.2) is 12.4 Å². The molecule has 0 saturated carbocycles. The van der Waals surface area contributed by atoms with Gasteiger partial charge in [0.05, 0.1) is 6.20 Å². The topological polar surface area (TPSA) is 33.1 Å². The lowest BCUT2D eigenvalue weighted by Gasteiger charge is -2.26. The zero-order chi connectivity index (χ0) is 10.7. The molecule has 1 aromatic heterocycles. The van der Waals surface area contributed by atoms with Crippen molar-refractivity contribution in [3.63, 3.8) is 0 Å². The zero-order valence-corrected chi connectivity index (χ0v) is 9.61. The molecule has 1 aliphatic heterocycles. The van der Waals surface area contributed by atoms with Crippen molar-refractivity contribution in [2.24, 2.45) is 7.05 Å². The van der Waals surface area contributed by atoms with Crippen molar-refractivity contribution in [3.8, 4) is 0 Å². The van der Waals surface area contributed by atoms with Gasteiger partial charge < -0.3 is 5.32 Å². The molecule has 0 aromatic carbocycles. The van der Waals surface area contributed by atoms with Crippen LogP contribution in [0.3, 0.4) is 0 Å². The number of aryl methyl sites for hydroxylation is 1. The minimum Gasteiger partial charge on any atom is -0.315 e. The summed E-state index contributed by atoms with van der Waals surface area (Å²) in [6.45, 7) is 6.84. The van der Waals surface area contributed by atoms with Crippen molar-refractivity contribution in [1.29, 1.82) is 0 Å². The van der Waals surface area contributed by atoms with Crippen molar-refractivity contribution >= 4 is 0 Å². The molecule has 15 heavy (non-hydrogen) atoms. The van der Waals surface area contributed by atoms with Gasteiger partial charge in [0.1, 0.15) is 0 Å². The summed E-state index contributed by atoms with van der Waals surface area (Å²) in [6, 6.07) is 0.485. The average Bonchev–Trinajstić information content (AvgIpc) is 2.53. The van der Waals surface area contributed by atoms with Gasteiger partial charge >= 0.3 is 0 Å². The molecule has 1 unspecified atom stereocenters. The molecule has 1 fully saturated rings. The highest BCUT2D eigenvalue weighted by Gasteiger charge is 2.17. The molecule has 0 spiro atoms. The number of hydrogen-bond donors (Lipinski definition) is 1. The normalized spacial score (nSPS) is 21.2. The van der Waals surface area contributed by atoms with E-state index in [4.69, 9.17) is 0 Å². The summed E-state index contributed by atoms with van der Waals surface area (Å²) >= 11 is 0. The number of rotatable bonds is 2. The Morgan fingerprint density at radius 3 is 3.00 bits per heavy atom. The van der Waals surface area contributed by atoms with Crippen molar-refractivity contribution in [1.82, 2.24) is 20.0 Å². The predicted molar refractivity (Wildman–Crippen MR) is 60.7 cm³/mol. The number of aromatic nitrogens is 2. The van der Waals surface area contributed by atoms with E-state index in [0.717, 1.165) is 19.6 Å². The first-order valence-corrected chi connectivity index (χ1v) is 5.70. The van der Waals surface area contributed by atoms with Crippen LogP contribution < -0.4 is 5.32 Å². The van der Waals surface area contributed by atoms with Crippen LogP contribution in [0.2, 0.25) is 0 Å². The Kier molecular flexibility index (Phi) is 3.38. The maximum atomic E-state index is 4.23. The Labute approximate surface area is 91.3 Å². The lowest BCUT2D eigenvalue weighted by molar-refractivity contribution is 0.225. The first kappa shape index (κ1) is 10.6. The minimum atomic E-state index is 0.485. The smallest absolute Gasteiger partial charge is 0.0537 e. The second-order valence-corrected chi connectivity index (χ2v) is 4.26. The second kappa shape index (κ2) is 4.77. The van der Waals surface area contributed by atoms with Crippen LogP contribution in [0, 0.1) is 0 Å². The maximum Gasteiger partial charge on any atom is 0.0537 e. The fraction of sp³-hybridized carbons (Fsp3) is 0.727. The van der Waals surface area contributed by atoms with Crippen LogP contribution in [-0.4, -0.2) is 40.9 Å². The monoisotopic (exact) mass is 208 g/mol. The molecule has 0 bridgehead atoms. The van der Waals surface area contributed by atoms with Gasteiger partial charge in [-0.15, -0.1) is 0 Å². The van der Waals surface area contributed by atoms with Crippen molar-refractivity contribution in [3.05, 3.63) is 18.0 Å². The molecule has 2 heterocycles. The van der Waals surface area contributed by atoms with E-state index in [9.17, 15) is 0 Å². The lowest BCUT2D eigenvalue weighted by Crippen LogP contribution is -2.30. The van der Waals surface area contributed by atoms with Gasteiger partial charge in [0.2, 0.25) is 0 Å². The summed E-state index contributed by atoms with van der Waals surface area (Å²) < 4.78 is 1.88. The zero-order valence-electron chi connectivity index (χ0n) is 9.61. The van der Waals surface area contributed by atoms with Crippen LogP contribution in [-0.2, 0) is 7.05 Å². The van der Waals surface area contributed by atoms with E-state index in [1.165, 1.54) is 18.5 Å². The fourth-order valence-corrected chi connectivity index (χ4v) is 2.12. The summed E-state index contributed by atoms with van der Waals surface area (Å²) in [4.78, 5) is 2.52. The average molecular weight is 208 g/mol. The molecule has 1 saturated heterocycles. The Morgan fingerprint density at radius 2 is 2.27 bits per heavy atom. The van der Waals surface area contributed by atoms with Gasteiger partial charge in [0.25, 0.3) is 0 Å². The predicted octanol–water partition coefficient (Wildman–Crippen LogP) is 0.776. The third-order valence-corrected chi connectivity index (χ3v) is 3.13. The van der Waals surface area contributed by atoms with E-state index < -0.39 is 0 Å². The standard InChI is InChI=1S/C11H20N4/c1-10(11-8-13-14(2)9-11)15-6-3-4-12-5-7-15/h8-10,12H,3-7H2,1-2H3. The van der Waals surface area contributed by atoms with Gasteiger partial charge in [-0.1, -0.05) is 0 Å². The van der Waals surface area contributed by atoms with Crippen molar-refractivity contribution in [2.45, 2.75) is 19.4 Å². The molecule has 0 aliphatic carbocycles. The van der Waals surface area contributed by atoms with Crippen LogP contribution in [0.5, 0.6) is 0 Å². The molecule has 4 heteroatoms. The largest absolute Gasteiger partial charge is 0.315 e. The molecule has 1 aromatic rings. The molecule has 2 rings (SSSR count). The summed E-state index contributed by atoms with van der Waals surface area (Å²) in [5.74, 6) is 0. The van der Waals surface area contributed by atoms with Crippen LogP contribution >= 0.6 is 0 Å². The summed E-state index contributed by atoms with van der Waals surface area (Å²) in [5.41, 5.74) is 1.32. The molecule has 84 valence electrons. The molecule has 1 aliphatic rings. The van der Waals surface area contributed by atoms with Crippen molar-refractivity contribution < 1.29 is 0 Å². The molecule has 0 amide bonds. The quantitative estimate of drug-likeness (QED) is 0.779. The van der Waals surface area contributed by atoms with E-state index in [0.29, 0.717) is 6.04 Å². The number of nitrogens with one attached hydrogen (secondary N) is 1. The van der Waals surface area contributed by atoms with E-state index in [2.05, 4.69) is 28.4 Å². The fourth-order valence-electron chi connectivity index (χ4n) is 2.12. The molecule has 1 N–H and O–H groups in total. The SMILES string of the molecule is CC(c1cnn(C)c1)N1CCCNCC1. The number of nitrogens with zero attached hydrogens (tertiary/aromatic N) is 3. The molecular formula is C11H20N4. The van der Waals surface area contributed by atoms with Gasteiger partial charge in [0, 0.05) is 37.9 Å². The third kappa shape index (κ3) is 2.58. The van der Waals surface area contributed by atoms with E-state index in [1.54, 1.807) is 0 Å². The van der Waals surface area contributed by atoms with Crippen LogP contribution in [0.1, 0.15) is 24.9 Å². The first-order valence-electron chi connectivity index (χ1n) is 5.70. The minimum absolute atomic E-state index is 0.485. The Balaban J connectivity index is 2.02. The van der Waals surface area contributed by atoms with Gasteiger partial charge in [-0.2, -0.15) is 5.10 Å². The van der Waals surface area contributed by atoms with Gasteiger partial charge in [-0.25, -0.2) is 0 Å². The van der Waals surface area contributed by atoms with E-state index in [1.807, 2.05) is 17.9 Å². The Hall–Kier alpha value is -0.870. The van der Waals surface area contributed by atoms with E-state index >= 15 is 0 Å². The van der Waals surface area contributed by atoms with Gasteiger partial charge in [0.15, 0.2) is 0 Å². The first-order chi connectivity index (χ1) is 7.27. The molecule has 4 nitrogen and oxygen atoms in total. The number of hydrogen-bond acceptors (Lipinski definition) is 3. The van der Waals surface area contributed by atoms with Crippen molar-refractivity contribution in [2.75, 3.05) is 26.2 Å². The maximum absolute atomic E-state index is 4.23. The third-order valence-electron chi connectivity index (χ3n) is 3.13. The lowest BCUT2D eigenvalue weighted by atomic mass is 10.1. The summed E-state index contributed by atoms with van der Waals surface area (Å²) in [5, 5.41) is 7.66. The highest BCUT2D eigenvalue weighted by atomic mass is 15.3.